The molecule has 3 aromatic rings. The molecule has 0 saturated heterocycles. The van der Waals surface area contributed by atoms with Crippen LogP contribution in [0.25, 0.3) is 0 Å². The van der Waals surface area contributed by atoms with Crippen LogP contribution in [-0.4, -0.2) is 5.91 Å². The second-order valence-corrected chi connectivity index (χ2v) is 5.92. The van der Waals surface area contributed by atoms with Gasteiger partial charge in [0.15, 0.2) is 0 Å². The molecule has 0 saturated carbocycles. The van der Waals surface area contributed by atoms with Crippen molar-refractivity contribution in [1.29, 1.82) is 0 Å². The first-order chi connectivity index (χ1) is 11.8. The van der Waals surface area contributed by atoms with Crippen molar-refractivity contribution >= 4 is 17.3 Å². The Morgan fingerprint density at radius 1 is 0.792 bits per heavy atom. The Morgan fingerprint density at radius 3 is 2.17 bits per heavy atom. The first-order valence-corrected chi connectivity index (χ1v) is 8.09. The summed E-state index contributed by atoms with van der Waals surface area (Å²) < 4.78 is 0. The standard InChI is InChI=1S/C21H18N2O/c24-21-20(17-11-5-2-6-12-17)22-18-13-7-8-14-19(18)23(21)15-16-9-3-1-4-10-16/h1-14,20,22H,15H2/t20-/m1/s1. The molecule has 1 N–H and O–H groups in total. The summed E-state index contributed by atoms with van der Waals surface area (Å²) in [6, 6.07) is 27.6. The summed E-state index contributed by atoms with van der Waals surface area (Å²) in [5.41, 5.74) is 4.02. The van der Waals surface area contributed by atoms with E-state index >= 15 is 0 Å². The van der Waals surface area contributed by atoms with E-state index in [0.717, 1.165) is 22.5 Å². The third-order valence-electron chi connectivity index (χ3n) is 4.32. The monoisotopic (exact) mass is 314 g/mol. The quantitative estimate of drug-likeness (QED) is 0.778. The molecule has 1 atom stereocenters. The maximum Gasteiger partial charge on any atom is 0.254 e. The Morgan fingerprint density at radius 2 is 1.42 bits per heavy atom. The zero-order valence-electron chi connectivity index (χ0n) is 13.2. The van der Waals surface area contributed by atoms with Crippen molar-refractivity contribution in [2.75, 3.05) is 10.2 Å². The van der Waals surface area contributed by atoms with Crippen molar-refractivity contribution in [3.63, 3.8) is 0 Å². The number of anilines is 2. The number of para-hydroxylation sites is 2. The van der Waals surface area contributed by atoms with Gasteiger partial charge in [-0.1, -0.05) is 72.8 Å². The first kappa shape index (κ1) is 14.5. The summed E-state index contributed by atoms with van der Waals surface area (Å²) in [6.45, 7) is 0.571. The molecule has 0 fully saturated rings. The second kappa shape index (κ2) is 6.20. The van der Waals surface area contributed by atoms with Crippen LogP contribution in [0.15, 0.2) is 84.9 Å². The van der Waals surface area contributed by atoms with Crippen LogP contribution in [0.3, 0.4) is 0 Å². The largest absolute Gasteiger partial charge is 0.368 e. The molecule has 24 heavy (non-hydrogen) atoms. The van der Waals surface area contributed by atoms with Gasteiger partial charge in [-0.05, 0) is 23.3 Å². The van der Waals surface area contributed by atoms with Gasteiger partial charge in [0.1, 0.15) is 6.04 Å². The van der Waals surface area contributed by atoms with Crippen LogP contribution < -0.4 is 10.2 Å². The van der Waals surface area contributed by atoms with Gasteiger partial charge in [0.05, 0.1) is 17.9 Å². The SMILES string of the molecule is O=C1[C@@H](c2ccccc2)Nc2ccccc2N1Cc1ccccc1. The molecule has 1 aliphatic rings. The maximum atomic E-state index is 13.2. The van der Waals surface area contributed by atoms with Gasteiger partial charge in [0.25, 0.3) is 5.91 Å². The highest BCUT2D eigenvalue weighted by Crippen LogP contribution is 2.37. The van der Waals surface area contributed by atoms with Crippen molar-refractivity contribution in [3.8, 4) is 0 Å². The minimum absolute atomic E-state index is 0.0729. The average Bonchev–Trinajstić information content (AvgIpc) is 2.65. The fourth-order valence-corrected chi connectivity index (χ4v) is 3.12. The van der Waals surface area contributed by atoms with Crippen molar-refractivity contribution in [2.24, 2.45) is 0 Å². The lowest BCUT2D eigenvalue weighted by Gasteiger charge is -2.35. The zero-order valence-corrected chi connectivity index (χ0v) is 13.2. The zero-order chi connectivity index (χ0) is 16.4. The lowest BCUT2D eigenvalue weighted by atomic mass is 10.0. The van der Waals surface area contributed by atoms with Gasteiger partial charge in [-0.2, -0.15) is 0 Å². The Balaban J connectivity index is 1.74. The Labute approximate surface area is 141 Å². The number of hydrogen-bond donors (Lipinski definition) is 1. The van der Waals surface area contributed by atoms with Crippen LogP contribution in [0.5, 0.6) is 0 Å². The van der Waals surface area contributed by atoms with Gasteiger partial charge in [-0.3, -0.25) is 4.79 Å². The number of nitrogens with one attached hydrogen (secondary N) is 1. The molecule has 118 valence electrons. The van der Waals surface area contributed by atoms with E-state index in [1.807, 2.05) is 77.7 Å². The van der Waals surface area contributed by atoms with Gasteiger partial charge in [-0.25, -0.2) is 0 Å². The Kier molecular flexibility index (Phi) is 3.75. The number of fused-ring (bicyclic) bond motifs is 1. The van der Waals surface area contributed by atoms with Crippen molar-refractivity contribution in [1.82, 2.24) is 0 Å². The summed E-state index contributed by atoms with van der Waals surface area (Å²) in [5, 5.41) is 3.39. The lowest BCUT2D eigenvalue weighted by molar-refractivity contribution is -0.119. The number of carbonyl (C=O) groups is 1. The molecule has 0 aliphatic carbocycles. The highest BCUT2D eigenvalue weighted by atomic mass is 16.2. The number of hydrogen-bond acceptors (Lipinski definition) is 2. The number of carbonyl (C=O) groups excluding carboxylic acids is 1. The average molecular weight is 314 g/mol. The normalized spacial score (nSPS) is 16.4. The van der Waals surface area contributed by atoms with Crippen molar-refractivity contribution < 1.29 is 4.79 Å². The molecule has 0 aromatic heterocycles. The molecular formula is C21H18N2O. The molecule has 0 bridgehead atoms. The number of rotatable bonds is 3. The third kappa shape index (κ3) is 2.65. The smallest absolute Gasteiger partial charge is 0.254 e. The Bertz CT molecular complexity index is 846. The summed E-state index contributed by atoms with van der Waals surface area (Å²) >= 11 is 0. The molecule has 0 unspecified atom stereocenters. The molecule has 3 heteroatoms. The molecular weight excluding hydrogens is 296 g/mol. The number of nitrogens with zero attached hydrogens (tertiary/aromatic N) is 1. The van der Waals surface area contributed by atoms with E-state index in [2.05, 4.69) is 17.4 Å². The van der Waals surface area contributed by atoms with E-state index in [4.69, 9.17) is 0 Å². The molecule has 1 aliphatic heterocycles. The van der Waals surface area contributed by atoms with E-state index in [-0.39, 0.29) is 11.9 Å². The third-order valence-corrected chi connectivity index (χ3v) is 4.32. The summed E-state index contributed by atoms with van der Waals surface area (Å²) in [6.07, 6.45) is 0. The molecule has 4 rings (SSSR count). The van der Waals surface area contributed by atoms with Crippen LogP contribution in [0.4, 0.5) is 11.4 Å². The number of amides is 1. The van der Waals surface area contributed by atoms with Crippen LogP contribution in [-0.2, 0) is 11.3 Å². The fraction of sp³-hybridized carbons (Fsp3) is 0.0952. The van der Waals surface area contributed by atoms with E-state index in [0.29, 0.717) is 6.54 Å². The van der Waals surface area contributed by atoms with Crippen LogP contribution in [0.2, 0.25) is 0 Å². The summed E-state index contributed by atoms with van der Waals surface area (Å²) in [5.74, 6) is 0.0729. The lowest BCUT2D eigenvalue weighted by Crippen LogP contribution is -2.41. The molecule has 0 radical (unpaired) electrons. The highest BCUT2D eigenvalue weighted by Gasteiger charge is 2.33. The van der Waals surface area contributed by atoms with Crippen LogP contribution >= 0.6 is 0 Å². The molecule has 1 heterocycles. The summed E-state index contributed by atoms with van der Waals surface area (Å²) in [7, 11) is 0. The molecule has 3 nitrogen and oxygen atoms in total. The van der Waals surface area contributed by atoms with Gasteiger partial charge in [0.2, 0.25) is 0 Å². The minimum atomic E-state index is -0.357. The topological polar surface area (TPSA) is 32.3 Å². The summed E-state index contributed by atoms with van der Waals surface area (Å²) in [4.78, 5) is 15.0. The number of benzene rings is 3. The van der Waals surface area contributed by atoms with Crippen molar-refractivity contribution in [3.05, 3.63) is 96.1 Å². The molecule has 3 aromatic carbocycles. The van der Waals surface area contributed by atoms with Gasteiger partial charge in [-0.15, -0.1) is 0 Å². The fourth-order valence-electron chi connectivity index (χ4n) is 3.12. The van der Waals surface area contributed by atoms with E-state index in [1.165, 1.54) is 0 Å². The van der Waals surface area contributed by atoms with E-state index in [1.54, 1.807) is 0 Å². The highest BCUT2D eigenvalue weighted by molar-refractivity contribution is 6.05. The molecule has 0 spiro atoms. The van der Waals surface area contributed by atoms with Gasteiger partial charge >= 0.3 is 0 Å². The van der Waals surface area contributed by atoms with Gasteiger partial charge in [0, 0.05) is 0 Å². The minimum Gasteiger partial charge on any atom is -0.368 e. The van der Waals surface area contributed by atoms with E-state index < -0.39 is 0 Å². The predicted octanol–water partition coefficient (Wildman–Crippen LogP) is 4.39. The van der Waals surface area contributed by atoms with Gasteiger partial charge < -0.3 is 10.2 Å². The van der Waals surface area contributed by atoms with Crippen LogP contribution in [0.1, 0.15) is 17.2 Å². The first-order valence-electron chi connectivity index (χ1n) is 8.09. The predicted molar refractivity (Wildman–Crippen MR) is 96.9 cm³/mol. The second-order valence-electron chi connectivity index (χ2n) is 5.92. The Hall–Kier alpha value is -3.07. The van der Waals surface area contributed by atoms with Crippen molar-refractivity contribution in [2.45, 2.75) is 12.6 Å². The maximum absolute atomic E-state index is 13.2. The molecule has 1 amide bonds. The van der Waals surface area contributed by atoms with E-state index in [9.17, 15) is 4.79 Å². The van der Waals surface area contributed by atoms with Crippen LogP contribution in [0, 0.1) is 0 Å².